The van der Waals surface area contributed by atoms with Crippen molar-refractivity contribution in [3.8, 4) is 0 Å². The molecule has 108 valence electrons. The number of nitrogens with zero attached hydrogens (tertiary/aromatic N) is 1. The Morgan fingerprint density at radius 3 is 2.53 bits per heavy atom. The van der Waals surface area contributed by atoms with Crippen LogP contribution in [0.2, 0.25) is 0 Å². The number of nitrogens with one attached hydrogen (secondary N) is 1. The number of benzene rings is 1. The van der Waals surface area contributed by atoms with Crippen LogP contribution in [0.1, 0.15) is 26.3 Å². The number of hydrogen-bond acceptors (Lipinski definition) is 2. The molecule has 0 spiro atoms. The van der Waals surface area contributed by atoms with Crippen LogP contribution in [-0.2, 0) is 6.42 Å². The molecule has 0 amide bonds. The second-order valence-electron chi connectivity index (χ2n) is 5.58. The standard InChI is InChI=1S/C15H24BrFN2/c1-6-18-13(15(2,3)19(4)5)10-11-8-7-9-12(17)14(11)16/h7-9,13,18H,6,10H2,1-5H3. The second-order valence-corrected chi connectivity index (χ2v) is 6.37. The Labute approximate surface area is 124 Å². The van der Waals surface area contributed by atoms with Gasteiger partial charge in [-0.1, -0.05) is 19.1 Å². The van der Waals surface area contributed by atoms with E-state index in [1.807, 2.05) is 6.07 Å². The first kappa shape index (κ1) is 16.6. The number of hydrogen-bond donors (Lipinski definition) is 1. The van der Waals surface area contributed by atoms with Crippen LogP contribution in [0.4, 0.5) is 4.39 Å². The molecule has 0 bridgehead atoms. The van der Waals surface area contributed by atoms with Crippen molar-refractivity contribution in [1.29, 1.82) is 0 Å². The van der Waals surface area contributed by atoms with Gasteiger partial charge in [0.15, 0.2) is 0 Å². The average Bonchev–Trinajstić information content (AvgIpc) is 2.33. The van der Waals surface area contributed by atoms with Gasteiger partial charge in [0.25, 0.3) is 0 Å². The van der Waals surface area contributed by atoms with Crippen molar-refractivity contribution >= 4 is 15.9 Å². The minimum Gasteiger partial charge on any atom is -0.312 e. The maximum Gasteiger partial charge on any atom is 0.137 e. The van der Waals surface area contributed by atoms with Crippen molar-refractivity contribution in [1.82, 2.24) is 10.2 Å². The Morgan fingerprint density at radius 1 is 1.37 bits per heavy atom. The maximum atomic E-state index is 13.6. The summed E-state index contributed by atoms with van der Waals surface area (Å²) in [5.74, 6) is -0.199. The third-order valence-electron chi connectivity index (χ3n) is 3.91. The maximum absolute atomic E-state index is 13.6. The molecule has 0 saturated carbocycles. The second kappa shape index (κ2) is 6.82. The van der Waals surface area contributed by atoms with Gasteiger partial charge < -0.3 is 10.2 Å². The molecule has 2 nitrogen and oxygen atoms in total. The van der Waals surface area contributed by atoms with Gasteiger partial charge in [-0.2, -0.15) is 0 Å². The minimum absolute atomic E-state index is 0.0121. The first-order valence-electron chi connectivity index (χ1n) is 6.64. The first-order valence-corrected chi connectivity index (χ1v) is 7.43. The van der Waals surface area contributed by atoms with Gasteiger partial charge >= 0.3 is 0 Å². The summed E-state index contributed by atoms with van der Waals surface area (Å²) in [6.45, 7) is 7.40. The highest BCUT2D eigenvalue weighted by Crippen LogP contribution is 2.25. The molecule has 1 atom stereocenters. The van der Waals surface area contributed by atoms with Gasteiger partial charge in [0.05, 0.1) is 4.47 Å². The monoisotopic (exact) mass is 330 g/mol. The van der Waals surface area contributed by atoms with Crippen molar-refractivity contribution < 1.29 is 4.39 Å². The van der Waals surface area contributed by atoms with Crippen molar-refractivity contribution in [2.75, 3.05) is 20.6 Å². The van der Waals surface area contributed by atoms with Crippen LogP contribution in [0, 0.1) is 5.82 Å². The highest BCUT2D eigenvalue weighted by molar-refractivity contribution is 9.10. The lowest BCUT2D eigenvalue weighted by molar-refractivity contribution is 0.138. The zero-order valence-electron chi connectivity index (χ0n) is 12.4. The largest absolute Gasteiger partial charge is 0.312 e. The molecule has 1 N–H and O–H groups in total. The van der Waals surface area contributed by atoms with Gasteiger partial charge in [0.1, 0.15) is 5.82 Å². The van der Waals surface area contributed by atoms with Crippen LogP contribution in [0.15, 0.2) is 22.7 Å². The molecule has 0 aliphatic heterocycles. The minimum atomic E-state index is -0.199. The average molecular weight is 331 g/mol. The fourth-order valence-electron chi connectivity index (χ4n) is 2.06. The molecular weight excluding hydrogens is 307 g/mol. The van der Waals surface area contributed by atoms with Crippen molar-refractivity contribution in [2.24, 2.45) is 0 Å². The summed E-state index contributed by atoms with van der Waals surface area (Å²) >= 11 is 3.35. The lowest BCUT2D eigenvalue weighted by Gasteiger charge is -2.41. The van der Waals surface area contributed by atoms with E-state index < -0.39 is 0 Å². The van der Waals surface area contributed by atoms with E-state index in [0.717, 1.165) is 18.5 Å². The predicted octanol–water partition coefficient (Wildman–Crippen LogP) is 3.45. The molecule has 4 heteroatoms. The third-order valence-corrected chi connectivity index (χ3v) is 4.80. The van der Waals surface area contributed by atoms with Crippen molar-refractivity contribution in [3.63, 3.8) is 0 Å². The predicted molar refractivity (Wildman–Crippen MR) is 83.0 cm³/mol. The Hall–Kier alpha value is -0.450. The van der Waals surface area contributed by atoms with Crippen LogP contribution in [0.3, 0.4) is 0 Å². The van der Waals surface area contributed by atoms with E-state index in [4.69, 9.17) is 0 Å². The van der Waals surface area contributed by atoms with E-state index in [-0.39, 0.29) is 17.4 Å². The van der Waals surface area contributed by atoms with Gasteiger partial charge in [-0.25, -0.2) is 4.39 Å². The van der Waals surface area contributed by atoms with Gasteiger partial charge in [-0.15, -0.1) is 0 Å². The molecule has 0 saturated heterocycles. The van der Waals surface area contributed by atoms with Gasteiger partial charge in [-0.05, 0) is 68.5 Å². The zero-order valence-corrected chi connectivity index (χ0v) is 14.0. The molecule has 0 fully saturated rings. The quantitative estimate of drug-likeness (QED) is 0.859. The zero-order chi connectivity index (χ0) is 14.6. The molecule has 1 rings (SSSR count). The molecule has 0 radical (unpaired) electrons. The van der Waals surface area contributed by atoms with Crippen molar-refractivity contribution in [3.05, 3.63) is 34.1 Å². The van der Waals surface area contributed by atoms with Crippen molar-refractivity contribution in [2.45, 2.75) is 38.8 Å². The molecule has 19 heavy (non-hydrogen) atoms. The van der Waals surface area contributed by atoms with Crippen LogP contribution in [0.5, 0.6) is 0 Å². The van der Waals surface area contributed by atoms with Gasteiger partial charge in [0.2, 0.25) is 0 Å². The Kier molecular flexibility index (Phi) is 5.96. The molecule has 0 aliphatic rings. The molecule has 1 unspecified atom stereocenters. The van der Waals surface area contributed by atoms with E-state index >= 15 is 0 Å². The normalized spacial score (nSPS) is 13.9. The molecule has 0 aliphatic carbocycles. The SMILES string of the molecule is CCNC(Cc1cccc(F)c1Br)C(C)(C)N(C)C. The Morgan fingerprint density at radius 2 is 2.00 bits per heavy atom. The fourth-order valence-corrected chi connectivity index (χ4v) is 2.48. The van der Waals surface area contributed by atoms with Gasteiger partial charge in [0, 0.05) is 11.6 Å². The highest BCUT2D eigenvalue weighted by Gasteiger charge is 2.31. The molecule has 0 aromatic heterocycles. The summed E-state index contributed by atoms with van der Waals surface area (Å²) in [6.07, 6.45) is 0.789. The Bertz CT molecular complexity index is 419. The van der Waals surface area contributed by atoms with Crippen LogP contribution >= 0.6 is 15.9 Å². The summed E-state index contributed by atoms with van der Waals surface area (Å²) in [5, 5.41) is 3.51. The lowest BCUT2D eigenvalue weighted by Crippen LogP contribution is -2.56. The number of halogens is 2. The van der Waals surface area contributed by atoms with E-state index in [0.29, 0.717) is 4.47 Å². The smallest absolute Gasteiger partial charge is 0.137 e. The van der Waals surface area contributed by atoms with Crippen LogP contribution in [-0.4, -0.2) is 37.1 Å². The fraction of sp³-hybridized carbons (Fsp3) is 0.600. The number of rotatable bonds is 6. The summed E-state index contributed by atoms with van der Waals surface area (Å²) in [4.78, 5) is 2.20. The van der Waals surface area contributed by atoms with Gasteiger partial charge in [-0.3, -0.25) is 0 Å². The van der Waals surface area contributed by atoms with Crippen LogP contribution in [0.25, 0.3) is 0 Å². The van der Waals surface area contributed by atoms with Crippen LogP contribution < -0.4 is 5.32 Å². The highest BCUT2D eigenvalue weighted by atomic mass is 79.9. The molecular formula is C15H24BrFN2. The summed E-state index contributed by atoms with van der Waals surface area (Å²) < 4.78 is 14.2. The molecule has 1 aromatic rings. The van der Waals surface area contributed by atoms with E-state index in [1.54, 1.807) is 6.07 Å². The summed E-state index contributed by atoms with van der Waals surface area (Å²) in [5.41, 5.74) is 0.989. The molecule has 0 heterocycles. The third kappa shape index (κ3) is 4.01. The first-order chi connectivity index (χ1) is 8.80. The number of likely N-dealkylation sites (N-methyl/N-ethyl adjacent to an activating group) is 2. The summed E-state index contributed by atoms with van der Waals surface area (Å²) in [6, 6.07) is 5.47. The topological polar surface area (TPSA) is 15.3 Å². The summed E-state index contributed by atoms with van der Waals surface area (Å²) in [7, 11) is 4.15. The lowest BCUT2D eigenvalue weighted by atomic mass is 9.88. The van der Waals surface area contributed by atoms with E-state index in [1.165, 1.54) is 6.07 Å². The van der Waals surface area contributed by atoms with E-state index in [2.05, 4.69) is 61.0 Å². The van der Waals surface area contributed by atoms with E-state index in [9.17, 15) is 4.39 Å². The Balaban J connectivity index is 2.99. The molecule has 1 aromatic carbocycles.